The summed E-state index contributed by atoms with van der Waals surface area (Å²) in [5.74, 6) is 1.61. The Morgan fingerprint density at radius 3 is 2.36 bits per heavy atom. The average molecular weight is 398 g/mol. The minimum Gasteiger partial charge on any atom is -0.339 e. The summed E-state index contributed by atoms with van der Waals surface area (Å²) in [5, 5.41) is 14.5. The Hall–Kier alpha value is -2.47. The molecule has 2 N–H and O–H groups in total. The van der Waals surface area contributed by atoms with Gasteiger partial charge in [0.1, 0.15) is 0 Å². The fourth-order valence-electron chi connectivity index (χ4n) is 2.37. The van der Waals surface area contributed by atoms with Crippen LogP contribution in [0.2, 0.25) is 0 Å². The summed E-state index contributed by atoms with van der Waals surface area (Å²) >= 11 is 3.50. The number of nitrogens with one attached hydrogen (secondary N) is 2. The van der Waals surface area contributed by atoms with Crippen LogP contribution in [0, 0.1) is 6.92 Å². The predicted molar refractivity (Wildman–Crippen MR) is 106 cm³/mol. The molecule has 0 aliphatic carbocycles. The molecule has 0 bridgehead atoms. The van der Waals surface area contributed by atoms with Gasteiger partial charge in [0.2, 0.25) is 5.95 Å². The van der Waals surface area contributed by atoms with Gasteiger partial charge in [0, 0.05) is 15.8 Å². The lowest BCUT2D eigenvalue weighted by molar-refractivity contribution is 0.867. The van der Waals surface area contributed by atoms with Crippen molar-refractivity contribution in [1.82, 2.24) is 15.2 Å². The Morgan fingerprint density at radius 1 is 0.960 bits per heavy atom. The molecule has 0 aliphatic rings. The molecule has 0 fully saturated rings. The molecule has 2 aromatic carbocycles. The van der Waals surface area contributed by atoms with Gasteiger partial charge in [-0.15, -0.1) is 5.10 Å². The molecule has 0 spiro atoms. The first kappa shape index (κ1) is 17.4. The van der Waals surface area contributed by atoms with Gasteiger partial charge in [-0.2, -0.15) is 10.1 Å². The quantitative estimate of drug-likeness (QED) is 0.590. The van der Waals surface area contributed by atoms with E-state index in [1.165, 1.54) is 5.56 Å². The van der Waals surface area contributed by atoms with Gasteiger partial charge < -0.3 is 10.6 Å². The summed E-state index contributed by atoms with van der Waals surface area (Å²) in [6.45, 7) is 6.39. The third-order valence-electron chi connectivity index (χ3n) is 3.82. The van der Waals surface area contributed by atoms with E-state index in [2.05, 4.69) is 67.7 Å². The zero-order chi connectivity index (χ0) is 17.8. The lowest BCUT2D eigenvalue weighted by Gasteiger charge is -2.10. The molecule has 1 aromatic heterocycles. The molecule has 1 heterocycles. The van der Waals surface area contributed by atoms with Crippen LogP contribution >= 0.6 is 15.9 Å². The van der Waals surface area contributed by atoms with Gasteiger partial charge in [-0.05, 0) is 54.3 Å². The number of halogens is 1. The zero-order valence-corrected chi connectivity index (χ0v) is 16.0. The standard InChI is InChI=1S/C19H20BrN5/c1-12(2)14-4-6-15(7-5-14)22-18-11-21-25-19(24-18)23-16-8-9-17(20)13(3)10-16/h4-12H,1-3H3,(H2,22,23,24,25). The average Bonchev–Trinajstić information content (AvgIpc) is 2.59. The van der Waals surface area contributed by atoms with Gasteiger partial charge >= 0.3 is 0 Å². The first-order chi connectivity index (χ1) is 12.0. The molecule has 0 radical (unpaired) electrons. The number of rotatable bonds is 5. The van der Waals surface area contributed by atoms with Crippen LogP contribution < -0.4 is 10.6 Å². The van der Waals surface area contributed by atoms with Crippen molar-refractivity contribution >= 4 is 39.1 Å². The van der Waals surface area contributed by atoms with Crippen LogP contribution in [0.25, 0.3) is 0 Å². The molecule has 25 heavy (non-hydrogen) atoms. The zero-order valence-electron chi connectivity index (χ0n) is 14.4. The van der Waals surface area contributed by atoms with Crippen molar-refractivity contribution in [2.24, 2.45) is 0 Å². The molecule has 6 heteroatoms. The normalized spacial score (nSPS) is 10.8. The molecule has 0 saturated heterocycles. The van der Waals surface area contributed by atoms with E-state index >= 15 is 0 Å². The number of benzene rings is 2. The number of hydrogen-bond acceptors (Lipinski definition) is 5. The molecule has 3 rings (SSSR count). The molecule has 5 nitrogen and oxygen atoms in total. The topological polar surface area (TPSA) is 62.7 Å². The predicted octanol–water partition coefficient (Wildman–Crippen LogP) is 5.55. The Balaban J connectivity index is 1.73. The number of aromatic nitrogens is 3. The van der Waals surface area contributed by atoms with Crippen molar-refractivity contribution in [2.45, 2.75) is 26.7 Å². The highest BCUT2D eigenvalue weighted by Crippen LogP contribution is 2.23. The Morgan fingerprint density at radius 2 is 1.68 bits per heavy atom. The van der Waals surface area contributed by atoms with Gasteiger partial charge in [0.05, 0.1) is 6.20 Å². The summed E-state index contributed by atoms with van der Waals surface area (Å²) in [5.41, 5.74) is 4.33. The van der Waals surface area contributed by atoms with Crippen LogP contribution in [0.3, 0.4) is 0 Å². The van der Waals surface area contributed by atoms with Gasteiger partial charge in [0.25, 0.3) is 0 Å². The smallest absolute Gasteiger partial charge is 0.249 e. The minimum absolute atomic E-state index is 0.450. The molecule has 0 amide bonds. The van der Waals surface area contributed by atoms with Crippen LogP contribution in [0.5, 0.6) is 0 Å². The third-order valence-corrected chi connectivity index (χ3v) is 4.71. The second-order valence-corrected chi connectivity index (χ2v) is 7.01. The highest BCUT2D eigenvalue weighted by molar-refractivity contribution is 9.10. The monoisotopic (exact) mass is 397 g/mol. The summed E-state index contributed by atoms with van der Waals surface area (Å²) in [6, 6.07) is 14.3. The molecule has 0 atom stereocenters. The highest BCUT2D eigenvalue weighted by Gasteiger charge is 2.04. The van der Waals surface area contributed by atoms with Crippen LogP contribution in [0.1, 0.15) is 30.9 Å². The van der Waals surface area contributed by atoms with E-state index < -0.39 is 0 Å². The molecular formula is C19H20BrN5. The SMILES string of the molecule is Cc1cc(Nc2nncc(Nc3ccc(C(C)C)cc3)n2)ccc1Br. The Kier molecular flexibility index (Phi) is 5.28. The van der Waals surface area contributed by atoms with Crippen molar-refractivity contribution in [3.63, 3.8) is 0 Å². The number of hydrogen-bond donors (Lipinski definition) is 2. The fourth-order valence-corrected chi connectivity index (χ4v) is 2.61. The second kappa shape index (κ2) is 7.61. The Labute approximate surface area is 156 Å². The van der Waals surface area contributed by atoms with Crippen molar-refractivity contribution in [2.75, 3.05) is 10.6 Å². The third kappa shape index (κ3) is 4.54. The van der Waals surface area contributed by atoms with Crippen LogP contribution in [-0.2, 0) is 0 Å². The molecule has 3 aromatic rings. The first-order valence-corrected chi connectivity index (χ1v) is 8.90. The maximum Gasteiger partial charge on any atom is 0.249 e. The van der Waals surface area contributed by atoms with E-state index in [9.17, 15) is 0 Å². The van der Waals surface area contributed by atoms with Crippen LogP contribution in [0.4, 0.5) is 23.1 Å². The van der Waals surface area contributed by atoms with E-state index in [1.807, 2.05) is 37.3 Å². The van der Waals surface area contributed by atoms with Gasteiger partial charge in [-0.1, -0.05) is 41.9 Å². The summed E-state index contributed by atoms with van der Waals surface area (Å²) < 4.78 is 1.07. The van der Waals surface area contributed by atoms with E-state index in [0.29, 0.717) is 17.7 Å². The highest BCUT2D eigenvalue weighted by atomic mass is 79.9. The number of anilines is 4. The molecule has 128 valence electrons. The maximum absolute atomic E-state index is 4.47. The van der Waals surface area contributed by atoms with Crippen molar-refractivity contribution in [3.05, 3.63) is 64.3 Å². The lowest BCUT2D eigenvalue weighted by atomic mass is 10.0. The van der Waals surface area contributed by atoms with E-state index in [0.717, 1.165) is 21.4 Å². The molecule has 0 aliphatic heterocycles. The van der Waals surface area contributed by atoms with Crippen LogP contribution in [-0.4, -0.2) is 15.2 Å². The summed E-state index contributed by atoms with van der Waals surface area (Å²) in [7, 11) is 0. The van der Waals surface area contributed by atoms with Crippen molar-refractivity contribution in [3.8, 4) is 0 Å². The van der Waals surface area contributed by atoms with Gasteiger partial charge in [0.15, 0.2) is 5.82 Å². The second-order valence-electron chi connectivity index (χ2n) is 6.16. The fraction of sp³-hybridized carbons (Fsp3) is 0.211. The number of aryl methyl sites for hydroxylation is 1. The van der Waals surface area contributed by atoms with Gasteiger partial charge in [-0.3, -0.25) is 0 Å². The molecular weight excluding hydrogens is 378 g/mol. The lowest BCUT2D eigenvalue weighted by Crippen LogP contribution is -2.02. The minimum atomic E-state index is 0.450. The number of nitrogens with zero attached hydrogens (tertiary/aromatic N) is 3. The van der Waals surface area contributed by atoms with E-state index in [-0.39, 0.29) is 0 Å². The summed E-state index contributed by atoms with van der Waals surface area (Å²) in [6.07, 6.45) is 1.61. The largest absolute Gasteiger partial charge is 0.339 e. The maximum atomic E-state index is 4.47. The van der Waals surface area contributed by atoms with Crippen molar-refractivity contribution in [1.29, 1.82) is 0 Å². The first-order valence-electron chi connectivity index (χ1n) is 8.11. The Bertz CT molecular complexity index is 862. The van der Waals surface area contributed by atoms with Gasteiger partial charge in [-0.25, -0.2) is 0 Å². The van der Waals surface area contributed by atoms with Crippen LogP contribution in [0.15, 0.2) is 53.1 Å². The van der Waals surface area contributed by atoms with E-state index in [1.54, 1.807) is 6.20 Å². The summed E-state index contributed by atoms with van der Waals surface area (Å²) in [4.78, 5) is 4.47. The molecule has 0 unspecified atom stereocenters. The van der Waals surface area contributed by atoms with E-state index in [4.69, 9.17) is 0 Å². The molecule has 0 saturated carbocycles. The van der Waals surface area contributed by atoms with Crippen molar-refractivity contribution < 1.29 is 0 Å².